The lowest BCUT2D eigenvalue weighted by molar-refractivity contribution is -0.113. The molecule has 3 aromatic rings. The van der Waals surface area contributed by atoms with Gasteiger partial charge in [0.25, 0.3) is 5.91 Å². The highest BCUT2D eigenvalue weighted by molar-refractivity contribution is 7.88. The molecule has 0 radical (unpaired) electrons. The van der Waals surface area contributed by atoms with Crippen molar-refractivity contribution in [2.24, 2.45) is 4.40 Å². The molecule has 1 amide bonds. The molecule has 1 N–H and O–H groups in total. The number of nitriles is 1. The third-order valence-electron chi connectivity index (χ3n) is 4.82. The van der Waals surface area contributed by atoms with Gasteiger partial charge in [-0.2, -0.15) is 13.7 Å². The Kier molecular flexibility index (Phi) is 6.22. The highest BCUT2D eigenvalue weighted by Gasteiger charge is 2.30. The third-order valence-corrected chi connectivity index (χ3v) is 7.58. The minimum absolute atomic E-state index is 0.0192. The number of nitrogens with one attached hydrogen (secondary N) is 1. The second-order valence-electron chi connectivity index (χ2n) is 7.00. The van der Waals surface area contributed by atoms with Crippen molar-refractivity contribution < 1.29 is 22.0 Å². The molecule has 34 heavy (non-hydrogen) atoms. The van der Waals surface area contributed by atoms with Gasteiger partial charge in [0.15, 0.2) is 0 Å². The molecule has 1 aromatic heterocycles. The largest absolute Gasteiger partial charge is 0.345 e. The number of rotatable bonds is 4. The molecular formula is C22H13ClF2N4O3S2. The van der Waals surface area contributed by atoms with Gasteiger partial charge in [-0.1, -0.05) is 17.7 Å². The number of hydrogen-bond donors (Lipinski definition) is 1. The summed E-state index contributed by atoms with van der Waals surface area (Å²) in [5.74, 6) is -2.11. The number of hydrogen-bond acceptors (Lipinski definition) is 5. The third kappa shape index (κ3) is 4.56. The Morgan fingerprint density at radius 1 is 1.12 bits per heavy atom. The SMILES string of the molecule is CN1C(C(=O)Nc2ccc(F)c(Cl)c2)=CC(c2ccc(-c3ccc(C#N)c(F)c3)s2)=NS1(=O)=O. The van der Waals surface area contributed by atoms with E-state index >= 15 is 0 Å². The van der Waals surface area contributed by atoms with E-state index in [1.54, 1.807) is 24.3 Å². The predicted molar refractivity (Wildman–Crippen MR) is 126 cm³/mol. The molecule has 7 nitrogen and oxygen atoms in total. The monoisotopic (exact) mass is 518 g/mol. The Labute approximate surface area is 202 Å². The van der Waals surface area contributed by atoms with Crippen molar-refractivity contribution in [1.82, 2.24) is 4.31 Å². The van der Waals surface area contributed by atoms with Crippen molar-refractivity contribution in [2.45, 2.75) is 0 Å². The normalized spacial score (nSPS) is 14.7. The van der Waals surface area contributed by atoms with Gasteiger partial charge < -0.3 is 5.32 Å². The Bertz CT molecular complexity index is 1540. The molecule has 2 heterocycles. The Morgan fingerprint density at radius 2 is 1.85 bits per heavy atom. The van der Waals surface area contributed by atoms with Gasteiger partial charge in [0.2, 0.25) is 0 Å². The summed E-state index contributed by atoms with van der Waals surface area (Å²) in [6.07, 6.45) is 1.30. The molecule has 0 bridgehead atoms. The zero-order valence-electron chi connectivity index (χ0n) is 17.2. The van der Waals surface area contributed by atoms with E-state index in [1.807, 2.05) is 0 Å². The van der Waals surface area contributed by atoms with Gasteiger partial charge in [-0.05, 0) is 54.1 Å². The average molecular weight is 519 g/mol. The van der Waals surface area contributed by atoms with E-state index in [2.05, 4.69) is 9.71 Å². The van der Waals surface area contributed by atoms with Crippen LogP contribution in [-0.4, -0.2) is 31.4 Å². The number of carbonyl (C=O) groups excluding carboxylic acids is 1. The van der Waals surface area contributed by atoms with E-state index in [4.69, 9.17) is 16.9 Å². The lowest BCUT2D eigenvalue weighted by atomic mass is 10.1. The topological polar surface area (TPSA) is 103 Å². The van der Waals surface area contributed by atoms with Crippen LogP contribution in [0.15, 0.2) is 64.7 Å². The Morgan fingerprint density at radius 3 is 2.53 bits per heavy atom. The fourth-order valence-electron chi connectivity index (χ4n) is 3.04. The first kappa shape index (κ1) is 23.6. The van der Waals surface area contributed by atoms with E-state index in [9.17, 15) is 22.0 Å². The molecule has 12 heteroatoms. The number of allylic oxidation sites excluding steroid dienone is 1. The van der Waals surface area contributed by atoms with Crippen LogP contribution in [-0.2, 0) is 15.0 Å². The van der Waals surface area contributed by atoms with Crippen molar-refractivity contribution in [3.05, 3.63) is 87.4 Å². The molecule has 0 saturated heterocycles. The van der Waals surface area contributed by atoms with Crippen molar-refractivity contribution in [1.29, 1.82) is 5.26 Å². The minimum atomic E-state index is -4.21. The molecule has 0 saturated carbocycles. The quantitative estimate of drug-likeness (QED) is 0.539. The Hall–Kier alpha value is -3.59. The van der Waals surface area contributed by atoms with E-state index in [-0.39, 0.29) is 27.7 Å². The molecule has 1 aliphatic rings. The standard InChI is InChI=1S/C22H13ClF2N4O3S2/c1-29-19(22(30)27-14-4-5-16(24)15(23)9-14)10-18(28-34(29,31)32)21-7-6-20(33-21)12-2-3-13(11-26)17(25)8-12/h2-10H,1H3,(H,27,30). The average Bonchev–Trinajstić information content (AvgIpc) is 3.28. The number of carbonyl (C=O) groups is 1. The summed E-state index contributed by atoms with van der Waals surface area (Å²) in [5, 5.41) is 11.2. The maximum Gasteiger partial charge on any atom is 0.345 e. The number of likely N-dealkylation sites (N-methyl/N-ethyl adjacent to an activating group) is 1. The molecule has 2 aromatic carbocycles. The summed E-state index contributed by atoms with van der Waals surface area (Å²) in [6.45, 7) is 0. The smallest absolute Gasteiger partial charge is 0.321 e. The highest BCUT2D eigenvalue weighted by atomic mass is 35.5. The summed E-state index contributed by atoms with van der Waals surface area (Å²) in [5.41, 5.74) is 0.385. The van der Waals surface area contributed by atoms with Gasteiger partial charge in [0, 0.05) is 17.6 Å². The van der Waals surface area contributed by atoms with Crippen LogP contribution in [0.5, 0.6) is 0 Å². The lowest BCUT2D eigenvalue weighted by Crippen LogP contribution is -2.35. The van der Waals surface area contributed by atoms with Crippen molar-refractivity contribution in [3.8, 4) is 16.5 Å². The molecule has 0 fully saturated rings. The van der Waals surface area contributed by atoms with E-state index in [0.29, 0.717) is 15.3 Å². The first-order chi connectivity index (χ1) is 16.1. The van der Waals surface area contributed by atoms with Crippen molar-refractivity contribution in [2.75, 3.05) is 12.4 Å². The van der Waals surface area contributed by atoms with Crippen LogP contribution in [0, 0.1) is 23.0 Å². The van der Waals surface area contributed by atoms with E-state index < -0.39 is 27.8 Å². The molecule has 172 valence electrons. The fourth-order valence-corrected chi connectivity index (χ4v) is 5.15. The van der Waals surface area contributed by atoms with Gasteiger partial charge in [0.1, 0.15) is 23.4 Å². The number of thiophene rings is 1. The molecule has 0 atom stereocenters. The first-order valence-electron chi connectivity index (χ1n) is 9.46. The summed E-state index contributed by atoms with van der Waals surface area (Å²) >= 11 is 6.87. The highest BCUT2D eigenvalue weighted by Crippen LogP contribution is 2.32. The van der Waals surface area contributed by atoms with Crippen LogP contribution in [0.25, 0.3) is 10.4 Å². The van der Waals surface area contributed by atoms with Crippen LogP contribution >= 0.6 is 22.9 Å². The fraction of sp³-hybridized carbons (Fsp3) is 0.0455. The first-order valence-corrected chi connectivity index (χ1v) is 12.1. The number of amides is 1. The maximum absolute atomic E-state index is 14.0. The zero-order valence-corrected chi connectivity index (χ0v) is 19.6. The molecule has 4 rings (SSSR count). The molecule has 1 aliphatic heterocycles. The van der Waals surface area contributed by atoms with Crippen LogP contribution in [0.3, 0.4) is 0 Å². The van der Waals surface area contributed by atoms with Gasteiger partial charge >= 0.3 is 10.2 Å². The van der Waals surface area contributed by atoms with Gasteiger partial charge in [-0.3, -0.25) is 4.79 Å². The summed E-state index contributed by atoms with van der Waals surface area (Å²) in [7, 11) is -3.04. The number of benzene rings is 2. The van der Waals surface area contributed by atoms with Gasteiger partial charge in [0.05, 0.1) is 21.2 Å². The second-order valence-corrected chi connectivity index (χ2v) is 10.1. The van der Waals surface area contributed by atoms with Gasteiger partial charge in [-0.15, -0.1) is 15.7 Å². The molecule has 0 unspecified atom stereocenters. The lowest BCUT2D eigenvalue weighted by Gasteiger charge is -2.23. The van der Waals surface area contributed by atoms with Crippen LogP contribution < -0.4 is 5.32 Å². The van der Waals surface area contributed by atoms with E-state index in [1.165, 1.54) is 37.4 Å². The van der Waals surface area contributed by atoms with Crippen LogP contribution in [0.1, 0.15) is 10.4 Å². The number of halogens is 3. The predicted octanol–water partition coefficient (Wildman–Crippen LogP) is 4.72. The maximum atomic E-state index is 14.0. The van der Waals surface area contributed by atoms with Crippen LogP contribution in [0.4, 0.5) is 14.5 Å². The Balaban J connectivity index is 1.67. The number of nitrogens with zero attached hydrogens (tertiary/aromatic N) is 3. The molecular weight excluding hydrogens is 506 g/mol. The van der Waals surface area contributed by atoms with Crippen LogP contribution in [0.2, 0.25) is 5.02 Å². The zero-order chi connectivity index (χ0) is 24.6. The summed E-state index contributed by atoms with van der Waals surface area (Å²) in [6, 6.07) is 12.7. The van der Waals surface area contributed by atoms with Gasteiger partial charge in [-0.25, -0.2) is 13.1 Å². The summed E-state index contributed by atoms with van der Waals surface area (Å²) < 4.78 is 57.1. The molecule has 0 aliphatic carbocycles. The summed E-state index contributed by atoms with van der Waals surface area (Å²) in [4.78, 5) is 13.9. The van der Waals surface area contributed by atoms with Crippen molar-refractivity contribution in [3.63, 3.8) is 0 Å². The second kappa shape index (κ2) is 8.98. The van der Waals surface area contributed by atoms with Crippen molar-refractivity contribution >= 4 is 50.5 Å². The number of anilines is 1. The molecule has 0 spiro atoms. The van der Waals surface area contributed by atoms with E-state index in [0.717, 1.165) is 21.7 Å². The minimum Gasteiger partial charge on any atom is -0.321 e.